The van der Waals surface area contributed by atoms with Crippen LogP contribution in [0, 0.1) is 5.92 Å². The van der Waals surface area contributed by atoms with Crippen LogP contribution in [0.3, 0.4) is 0 Å². The second-order valence-corrected chi connectivity index (χ2v) is 6.94. The summed E-state index contributed by atoms with van der Waals surface area (Å²) in [5.41, 5.74) is 0.758. The number of carbonyl (C=O) groups excluding carboxylic acids is 2. The number of nitrogens with zero attached hydrogens (tertiary/aromatic N) is 1. The number of aliphatic carboxylic acids is 1. The van der Waals surface area contributed by atoms with Crippen molar-refractivity contribution in [2.45, 2.75) is 38.1 Å². The van der Waals surface area contributed by atoms with E-state index in [9.17, 15) is 14.4 Å². The highest BCUT2D eigenvalue weighted by atomic mass is 16.5. The molecule has 1 aliphatic carbocycles. The maximum absolute atomic E-state index is 12.1. The summed E-state index contributed by atoms with van der Waals surface area (Å²) >= 11 is 0. The molecule has 1 saturated carbocycles. The van der Waals surface area contributed by atoms with Crippen LogP contribution in [0.5, 0.6) is 5.75 Å². The molecule has 146 valence electrons. The number of carbonyl (C=O) groups is 3. The zero-order chi connectivity index (χ0) is 19.2. The van der Waals surface area contributed by atoms with E-state index < -0.39 is 5.97 Å². The van der Waals surface area contributed by atoms with Crippen molar-refractivity contribution in [3.8, 4) is 5.75 Å². The lowest BCUT2D eigenvalue weighted by molar-refractivity contribution is -0.142. The van der Waals surface area contributed by atoms with Crippen LogP contribution in [0.1, 0.15) is 32.1 Å². The molecule has 0 atom stereocenters. The molecule has 3 rings (SSSR count). The number of carboxylic acid groups (broad SMARTS) is 1. The van der Waals surface area contributed by atoms with Crippen molar-refractivity contribution >= 4 is 23.6 Å². The number of ether oxygens (including phenoxy) is 1. The first-order chi connectivity index (χ1) is 13.0. The van der Waals surface area contributed by atoms with Crippen molar-refractivity contribution in [3.05, 3.63) is 24.3 Å². The molecule has 0 unspecified atom stereocenters. The maximum atomic E-state index is 12.1. The average Bonchev–Trinajstić information content (AvgIpc) is 2.67. The van der Waals surface area contributed by atoms with Gasteiger partial charge in [-0.2, -0.15) is 0 Å². The fourth-order valence-electron chi connectivity index (χ4n) is 3.56. The first-order valence-electron chi connectivity index (χ1n) is 9.34. The number of benzene rings is 1. The van der Waals surface area contributed by atoms with Crippen LogP contribution in [0.15, 0.2) is 24.3 Å². The highest BCUT2D eigenvalue weighted by Gasteiger charge is 2.27. The number of hydrogen-bond donors (Lipinski definition) is 3. The second-order valence-electron chi connectivity index (χ2n) is 6.94. The summed E-state index contributed by atoms with van der Waals surface area (Å²) in [6.45, 7) is 0.982. The number of fused-ring (bicyclic) bond motifs is 1. The molecule has 8 nitrogen and oxygen atoms in total. The number of anilines is 1. The summed E-state index contributed by atoms with van der Waals surface area (Å²) in [4.78, 5) is 36.7. The Bertz CT molecular complexity index is 700. The molecule has 0 radical (unpaired) electrons. The number of urea groups is 1. The van der Waals surface area contributed by atoms with Gasteiger partial charge in [0.25, 0.3) is 5.91 Å². The number of nitrogens with one attached hydrogen (secondary N) is 2. The van der Waals surface area contributed by atoms with Crippen LogP contribution in [0.2, 0.25) is 0 Å². The predicted molar refractivity (Wildman–Crippen MR) is 98.8 cm³/mol. The summed E-state index contributed by atoms with van der Waals surface area (Å²) in [7, 11) is 0. The van der Waals surface area contributed by atoms with Gasteiger partial charge in [0.2, 0.25) is 0 Å². The quantitative estimate of drug-likeness (QED) is 0.657. The van der Waals surface area contributed by atoms with Crippen molar-refractivity contribution in [2.24, 2.45) is 5.92 Å². The van der Waals surface area contributed by atoms with E-state index in [-0.39, 0.29) is 30.5 Å². The molecule has 0 aromatic heterocycles. The Morgan fingerprint density at radius 3 is 2.67 bits per heavy atom. The minimum Gasteiger partial charge on any atom is -0.482 e. The lowest BCUT2D eigenvalue weighted by Crippen LogP contribution is -2.45. The first-order valence-corrected chi connectivity index (χ1v) is 9.34. The molecule has 8 heteroatoms. The molecule has 1 aromatic carbocycles. The summed E-state index contributed by atoms with van der Waals surface area (Å²) in [6, 6.07) is 7.18. The smallest absolute Gasteiger partial charge is 0.315 e. The Morgan fingerprint density at radius 1 is 1.19 bits per heavy atom. The molecule has 3 N–H and O–H groups in total. The van der Waals surface area contributed by atoms with Crippen molar-refractivity contribution in [1.82, 2.24) is 10.6 Å². The van der Waals surface area contributed by atoms with Crippen LogP contribution in [0.4, 0.5) is 10.5 Å². The van der Waals surface area contributed by atoms with Gasteiger partial charge >= 0.3 is 12.0 Å². The van der Waals surface area contributed by atoms with Gasteiger partial charge in [0.1, 0.15) is 5.75 Å². The first kappa shape index (κ1) is 19.0. The molecule has 1 aliphatic heterocycles. The zero-order valence-corrected chi connectivity index (χ0v) is 15.1. The number of rotatable bonds is 6. The SMILES string of the molecule is O=C(NCCCN1C(=O)COc2ccccc21)NC1CCC(C(=O)O)CC1. The van der Waals surface area contributed by atoms with E-state index in [0.717, 1.165) is 5.69 Å². The van der Waals surface area contributed by atoms with Gasteiger partial charge in [-0.15, -0.1) is 0 Å². The van der Waals surface area contributed by atoms with Gasteiger partial charge in [-0.25, -0.2) is 4.79 Å². The van der Waals surface area contributed by atoms with Crippen LogP contribution in [-0.4, -0.2) is 48.8 Å². The fraction of sp³-hybridized carbons (Fsp3) is 0.526. The Kier molecular flexibility index (Phi) is 6.16. The van der Waals surface area contributed by atoms with Gasteiger partial charge in [-0.1, -0.05) is 12.1 Å². The van der Waals surface area contributed by atoms with Gasteiger partial charge < -0.3 is 25.4 Å². The molecular weight excluding hydrogens is 350 g/mol. The van der Waals surface area contributed by atoms with E-state index in [1.807, 2.05) is 24.3 Å². The molecule has 1 aromatic rings. The molecule has 0 bridgehead atoms. The third kappa shape index (κ3) is 4.90. The standard InChI is InChI=1S/C19H25N3O5/c23-17-12-27-16-5-2-1-4-15(16)22(17)11-3-10-20-19(26)21-14-8-6-13(7-9-14)18(24)25/h1-2,4-5,13-14H,3,6-12H2,(H,24,25)(H2,20,21,26). The van der Waals surface area contributed by atoms with Crippen molar-refractivity contribution in [2.75, 3.05) is 24.6 Å². The lowest BCUT2D eigenvalue weighted by Gasteiger charge is -2.29. The Hall–Kier alpha value is -2.77. The lowest BCUT2D eigenvalue weighted by atomic mass is 9.86. The molecule has 0 saturated heterocycles. The highest BCUT2D eigenvalue weighted by molar-refractivity contribution is 5.97. The van der Waals surface area contributed by atoms with E-state index in [0.29, 0.717) is 50.9 Å². The number of hydrogen-bond acceptors (Lipinski definition) is 4. The van der Waals surface area contributed by atoms with Gasteiger partial charge in [0.05, 0.1) is 11.6 Å². The summed E-state index contributed by atoms with van der Waals surface area (Å²) in [6.07, 6.45) is 3.18. The van der Waals surface area contributed by atoms with Crippen molar-refractivity contribution < 1.29 is 24.2 Å². The van der Waals surface area contributed by atoms with E-state index in [2.05, 4.69) is 10.6 Å². The third-order valence-electron chi connectivity index (χ3n) is 5.06. The molecule has 2 aliphatic rings. The van der Waals surface area contributed by atoms with E-state index >= 15 is 0 Å². The normalized spacial score (nSPS) is 21.8. The minimum absolute atomic E-state index is 0.0216. The zero-order valence-electron chi connectivity index (χ0n) is 15.1. The van der Waals surface area contributed by atoms with E-state index in [1.54, 1.807) is 4.90 Å². The van der Waals surface area contributed by atoms with Crippen molar-refractivity contribution in [3.63, 3.8) is 0 Å². The Morgan fingerprint density at radius 2 is 1.93 bits per heavy atom. The van der Waals surface area contributed by atoms with Gasteiger partial charge in [0.15, 0.2) is 6.61 Å². The van der Waals surface area contributed by atoms with E-state index in [4.69, 9.17) is 9.84 Å². The highest BCUT2D eigenvalue weighted by Crippen LogP contribution is 2.31. The van der Waals surface area contributed by atoms with Gasteiger partial charge in [-0.3, -0.25) is 9.59 Å². The largest absolute Gasteiger partial charge is 0.482 e. The van der Waals surface area contributed by atoms with Crippen LogP contribution in [-0.2, 0) is 9.59 Å². The van der Waals surface area contributed by atoms with Gasteiger partial charge in [0, 0.05) is 19.1 Å². The average molecular weight is 375 g/mol. The number of para-hydroxylation sites is 2. The molecule has 1 heterocycles. The third-order valence-corrected chi connectivity index (χ3v) is 5.06. The minimum atomic E-state index is -0.753. The van der Waals surface area contributed by atoms with Gasteiger partial charge in [-0.05, 0) is 44.2 Å². The van der Waals surface area contributed by atoms with Crippen molar-refractivity contribution in [1.29, 1.82) is 0 Å². The maximum Gasteiger partial charge on any atom is 0.315 e. The fourth-order valence-corrected chi connectivity index (χ4v) is 3.56. The second kappa shape index (κ2) is 8.75. The molecular formula is C19H25N3O5. The Balaban J connectivity index is 1.37. The predicted octanol–water partition coefficient (Wildman–Crippen LogP) is 1.74. The summed E-state index contributed by atoms with van der Waals surface area (Å²) in [5, 5.41) is 14.7. The number of carboxylic acids is 1. The molecule has 3 amide bonds. The monoisotopic (exact) mass is 375 g/mol. The summed E-state index contributed by atoms with van der Waals surface area (Å²) < 4.78 is 5.41. The molecule has 1 fully saturated rings. The van der Waals surface area contributed by atoms with Crippen LogP contribution < -0.4 is 20.3 Å². The molecule has 27 heavy (non-hydrogen) atoms. The molecule has 0 spiro atoms. The van der Waals surface area contributed by atoms with E-state index in [1.165, 1.54) is 0 Å². The summed E-state index contributed by atoms with van der Waals surface area (Å²) in [5.74, 6) is -0.440. The number of amides is 3. The topological polar surface area (TPSA) is 108 Å². The van der Waals surface area contributed by atoms with Crippen LogP contribution in [0.25, 0.3) is 0 Å². The Labute approximate surface area is 157 Å². The van der Waals surface area contributed by atoms with Crippen LogP contribution >= 0.6 is 0 Å².